The molecule has 7 nitrogen and oxygen atoms in total. The minimum Gasteiger partial charge on any atom is -0.376 e. The van der Waals surface area contributed by atoms with E-state index in [2.05, 4.69) is 34.3 Å². The number of hydrogen-bond donors (Lipinski definition) is 2. The van der Waals surface area contributed by atoms with Gasteiger partial charge >= 0.3 is 6.03 Å². The van der Waals surface area contributed by atoms with Crippen LogP contribution < -0.4 is 5.32 Å². The monoisotopic (exact) mass is 343 g/mol. The van der Waals surface area contributed by atoms with E-state index in [0.717, 1.165) is 36.5 Å². The molecule has 134 valence electrons. The largest absolute Gasteiger partial charge is 0.376 e. The topological polar surface area (TPSA) is 83.1 Å². The lowest BCUT2D eigenvalue weighted by atomic mass is 10.1. The summed E-state index contributed by atoms with van der Waals surface area (Å²) in [5, 5.41) is 9.69. The highest BCUT2D eigenvalue weighted by Gasteiger charge is 2.26. The molecule has 0 spiro atoms. The van der Waals surface area contributed by atoms with E-state index in [1.807, 2.05) is 29.2 Å². The van der Waals surface area contributed by atoms with Crippen LogP contribution in [-0.4, -0.2) is 51.9 Å². The van der Waals surface area contributed by atoms with E-state index in [0.29, 0.717) is 19.0 Å². The maximum atomic E-state index is 12.3. The minimum atomic E-state index is -0.0410. The van der Waals surface area contributed by atoms with E-state index in [1.54, 1.807) is 0 Å². The average Bonchev–Trinajstić information content (AvgIpc) is 3.29. The van der Waals surface area contributed by atoms with Crippen molar-refractivity contribution in [1.29, 1.82) is 0 Å². The number of carbonyl (C=O) groups excluding carboxylic acids is 1. The molecular formula is C18H25N5O2. The van der Waals surface area contributed by atoms with Gasteiger partial charge in [0.1, 0.15) is 6.33 Å². The summed E-state index contributed by atoms with van der Waals surface area (Å²) in [7, 11) is 0. The van der Waals surface area contributed by atoms with E-state index in [4.69, 9.17) is 4.74 Å². The van der Waals surface area contributed by atoms with Gasteiger partial charge in [0.15, 0.2) is 5.82 Å². The van der Waals surface area contributed by atoms with Gasteiger partial charge in [-0.3, -0.25) is 5.10 Å². The molecule has 1 unspecified atom stereocenters. The zero-order valence-corrected chi connectivity index (χ0v) is 14.7. The molecule has 1 aromatic heterocycles. The molecule has 3 rings (SSSR count). The molecule has 2 aromatic rings. The Bertz CT molecular complexity index is 687. The molecule has 0 radical (unpaired) electrons. The highest BCUT2D eigenvalue weighted by atomic mass is 16.5. The molecule has 1 aliphatic rings. The second kappa shape index (κ2) is 8.11. The SMILES string of the molecule is CC(C)COC1CCN(C(=O)NCc2cccc(-c3ncn[nH]3)c2)C1. The lowest BCUT2D eigenvalue weighted by Gasteiger charge is -2.18. The molecule has 1 atom stereocenters. The van der Waals surface area contributed by atoms with Gasteiger partial charge in [0.2, 0.25) is 0 Å². The Morgan fingerprint density at radius 1 is 1.48 bits per heavy atom. The fourth-order valence-corrected chi connectivity index (χ4v) is 2.84. The standard InChI is InChI=1S/C18H25N5O2/c1-13(2)11-25-16-6-7-23(10-16)18(24)19-9-14-4-3-5-15(8-14)17-20-12-21-22-17/h3-5,8,12-13,16H,6-7,9-11H2,1-2H3,(H,19,24)(H,20,21,22). The number of nitrogens with zero attached hydrogens (tertiary/aromatic N) is 3. The Kier molecular flexibility index (Phi) is 5.65. The summed E-state index contributed by atoms with van der Waals surface area (Å²) in [6, 6.07) is 7.85. The lowest BCUT2D eigenvalue weighted by molar-refractivity contribution is 0.0436. The van der Waals surface area contributed by atoms with Crippen molar-refractivity contribution >= 4 is 6.03 Å². The van der Waals surface area contributed by atoms with Crippen molar-refractivity contribution in [2.24, 2.45) is 5.92 Å². The second-order valence-corrected chi connectivity index (χ2v) is 6.78. The second-order valence-electron chi connectivity index (χ2n) is 6.78. The van der Waals surface area contributed by atoms with E-state index >= 15 is 0 Å². The fourth-order valence-electron chi connectivity index (χ4n) is 2.84. The third-order valence-corrected chi connectivity index (χ3v) is 4.16. The summed E-state index contributed by atoms with van der Waals surface area (Å²) >= 11 is 0. The Labute approximate surface area is 147 Å². The Morgan fingerprint density at radius 3 is 3.12 bits per heavy atom. The van der Waals surface area contributed by atoms with Crippen LogP contribution in [-0.2, 0) is 11.3 Å². The maximum Gasteiger partial charge on any atom is 0.317 e. The normalized spacial score (nSPS) is 17.2. The Morgan fingerprint density at radius 2 is 2.36 bits per heavy atom. The van der Waals surface area contributed by atoms with Crippen LogP contribution in [0.5, 0.6) is 0 Å². The van der Waals surface area contributed by atoms with Crippen LogP contribution in [0.1, 0.15) is 25.8 Å². The zero-order chi connectivity index (χ0) is 17.6. The van der Waals surface area contributed by atoms with Crippen LogP contribution in [0.2, 0.25) is 0 Å². The van der Waals surface area contributed by atoms with Crippen LogP contribution in [0.25, 0.3) is 11.4 Å². The first-order valence-electron chi connectivity index (χ1n) is 8.71. The molecule has 2 N–H and O–H groups in total. The summed E-state index contributed by atoms with van der Waals surface area (Å²) in [4.78, 5) is 18.3. The van der Waals surface area contributed by atoms with Gasteiger partial charge in [0.05, 0.1) is 6.10 Å². The van der Waals surface area contributed by atoms with E-state index in [-0.39, 0.29) is 12.1 Å². The average molecular weight is 343 g/mol. The Hall–Kier alpha value is -2.41. The van der Waals surface area contributed by atoms with Gasteiger partial charge in [-0.25, -0.2) is 9.78 Å². The molecule has 1 aliphatic heterocycles. The van der Waals surface area contributed by atoms with E-state index in [1.165, 1.54) is 6.33 Å². The molecular weight excluding hydrogens is 318 g/mol. The first-order chi connectivity index (χ1) is 12.1. The fraction of sp³-hybridized carbons (Fsp3) is 0.500. The molecule has 1 saturated heterocycles. The van der Waals surface area contributed by atoms with Crippen molar-refractivity contribution < 1.29 is 9.53 Å². The molecule has 0 aliphatic carbocycles. The summed E-state index contributed by atoms with van der Waals surface area (Å²) < 4.78 is 5.83. The number of hydrogen-bond acceptors (Lipinski definition) is 4. The van der Waals surface area contributed by atoms with Crippen LogP contribution in [0.3, 0.4) is 0 Å². The summed E-state index contributed by atoms with van der Waals surface area (Å²) in [6.07, 6.45) is 2.54. The molecule has 2 heterocycles. The van der Waals surface area contributed by atoms with Crippen LogP contribution in [0.15, 0.2) is 30.6 Å². The number of aromatic nitrogens is 3. The van der Waals surface area contributed by atoms with Crippen molar-refractivity contribution in [3.63, 3.8) is 0 Å². The van der Waals surface area contributed by atoms with Crippen molar-refractivity contribution in [3.8, 4) is 11.4 Å². The summed E-state index contributed by atoms with van der Waals surface area (Å²) in [5.74, 6) is 1.23. The van der Waals surface area contributed by atoms with Gasteiger partial charge in [-0.2, -0.15) is 5.10 Å². The first-order valence-corrected chi connectivity index (χ1v) is 8.71. The summed E-state index contributed by atoms with van der Waals surface area (Å²) in [6.45, 7) is 6.89. The number of ether oxygens (including phenoxy) is 1. The van der Waals surface area contributed by atoms with Crippen LogP contribution in [0.4, 0.5) is 4.79 Å². The van der Waals surface area contributed by atoms with Crippen LogP contribution in [0, 0.1) is 5.92 Å². The van der Waals surface area contributed by atoms with Crippen LogP contribution >= 0.6 is 0 Å². The third kappa shape index (κ3) is 4.79. The molecule has 1 fully saturated rings. The minimum absolute atomic E-state index is 0.0410. The lowest BCUT2D eigenvalue weighted by Crippen LogP contribution is -2.38. The first kappa shape index (κ1) is 17.4. The number of H-pyrrole nitrogens is 1. The number of nitrogens with one attached hydrogen (secondary N) is 2. The molecule has 1 aromatic carbocycles. The van der Waals surface area contributed by atoms with Gasteiger partial charge in [0.25, 0.3) is 0 Å². The molecule has 0 bridgehead atoms. The summed E-state index contributed by atoms with van der Waals surface area (Å²) in [5.41, 5.74) is 1.97. The third-order valence-electron chi connectivity index (χ3n) is 4.16. The highest BCUT2D eigenvalue weighted by molar-refractivity contribution is 5.74. The zero-order valence-electron chi connectivity index (χ0n) is 14.7. The molecule has 25 heavy (non-hydrogen) atoms. The number of carbonyl (C=O) groups is 1. The molecule has 7 heteroatoms. The van der Waals surface area contributed by atoms with Crippen molar-refractivity contribution in [1.82, 2.24) is 25.4 Å². The van der Waals surface area contributed by atoms with Crippen molar-refractivity contribution in [3.05, 3.63) is 36.2 Å². The highest BCUT2D eigenvalue weighted by Crippen LogP contribution is 2.16. The number of likely N-dealkylation sites (tertiary alicyclic amines) is 1. The number of urea groups is 1. The van der Waals surface area contributed by atoms with E-state index in [9.17, 15) is 4.79 Å². The predicted octanol–water partition coefficient (Wildman–Crippen LogP) is 2.43. The van der Waals surface area contributed by atoms with Gasteiger partial charge < -0.3 is 15.0 Å². The maximum absolute atomic E-state index is 12.3. The molecule has 0 saturated carbocycles. The molecule has 2 amide bonds. The van der Waals surface area contributed by atoms with Crippen molar-refractivity contribution in [2.45, 2.75) is 32.9 Å². The number of benzene rings is 1. The van der Waals surface area contributed by atoms with Gasteiger partial charge in [-0.05, 0) is 24.0 Å². The van der Waals surface area contributed by atoms with Gasteiger partial charge in [0, 0.05) is 31.8 Å². The Balaban J connectivity index is 1.49. The number of amides is 2. The van der Waals surface area contributed by atoms with E-state index < -0.39 is 0 Å². The van der Waals surface area contributed by atoms with Gasteiger partial charge in [-0.15, -0.1) is 0 Å². The predicted molar refractivity (Wildman–Crippen MR) is 94.8 cm³/mol. The smallest absolute Gasteiger partial charge is 0.317 e. The number of aromatic amines is 1. The quantitative estimate of drug-likeness (QED) is 0.844. The van der Waals surface area contributed by atoms with Crippen molar-refractivity contribution in [2.75, 3.05) is 19.7 Å². The van der Waals surface area contributed by atoms with Gasteiger partial charge in [-0.1, -0.05) is 32.0 Å². The number of rotatable bonds is 6.